The molecule has 0 saturated carbocycles. The second kappa shape index (κ2) is 9.61. The highest BCUT2D eigenvalue weighted by atomic mass is 32.2. The van der Waals surface area contributed by atoms with Crippen LogP contribution >= 0.6 is 23.1 Å². The Hall–Kier alpha value is -3.51. The number of hydrogen-bond acceptors (Lipinski definition) is 9. The lowest BCUT2D eigenvalue weighted by Gasteiger charge is -2.03. The summed E-state index contributed by atoms with van der Waals surface area (Å²) in [5, 5.41) is 11.2. The molecule has 1 amide bonds. The number of nitrogens with one attached hydrogen (secondary N) is 3. The van der Waals surface area contributed by atoms with Crippen molar-refractivity contribution in [3.05, 3.63) is 73.1 Å². The lowest BCUT2D eigenvalue weighted by atomic mass is 10.2. The van der Waals surface area contributed by atoms with E-state index in [1.54, 1.807) is 41.8 Å². The minimum absolute atomic E-state index is 0.0311. The first-order valence-corrected chi connectivity index (χ1v) is 9.87. The van der Waals surface area contributed by atoms with Gasteiger partial charge in [0.05, 0.1) is 12.0 Å². The lowest BCUT2D eigenvalue weighted by Crippen LogP contribution is -2.26. The van der Waals surface area contributed by atoms with Crippen molar-refractivity contribution in [3.8, 4) is 5.75 Å². The Morgan fingerprint density at radius 2 is 2.03 bits per heavy atom. The van der Waals surface area contributed by atoms with E-state index in [9.17, 15) is 19.2 Å². The zero-order chi connectivity index (χ0) is 20.6. The average molecular weight is 431 g/mol. The Labute approximate surface area is 171 Å². The van der Waals surface area contributed by atoms with Crippen LogP contribution in [0.3, 0.4) is 0 Å². The Morgan fingerprint density at radius 1 is 1.24 bits per heavy atom. The van der Waals surface area contributed by atoms with Crippen molar-refractivity contribution in [1.82, 2.24) is 20.6 Å². The van der Waals surface area contributed by atoms with Crippen LogP contribution in [0.4, 0.5) is 0 Å². The smallest absolute Gasteiger partial charge is 0.353 e. The van der Waals surface area contributed by atoms with E-state index in [4.69, 9.17) is 4.74 Å². The maximum absolute atomic E-state index is 11.9. The number of benzene rings is 1. The Balaban J connectivity index is 1.47. The van der Waals surface area contributed by atoms with Gasteiger partial charge in [0.25, 0.3) is 5.56 Å². The Bertz CT molecular complexity index is 1140. The molecule has 0 saturated heterocycles. The van der Waals surface area contributed by atoms with Gasteiger partial charge < -0.3 is 4.74 Å². The van der Waals surface area contributed by atoms with Crippen molar-refractivity contribution in [2.45, 2.75) is 5.03 Å². The van der Waals surface area contributed by atoms with E-state index in [-0.39, 0.29) is 10.8 Å². The summed E-state index contributed by atoms with van der Waals surface area (Å²) in [6.07, 6.45) is 1.42. The topological polar surface area (TPSA) is 146 Å². The summed E-state index contributed by atoms with van der Waals surface area (Å²) in [6, 6.07) is 10.0. The third-order valence-electron chi connectivity index (χ3n) is 3.24. The summed E-state index contributed by atoms with van der Waals surface area (Å²) in [5.74, 6) is -0.612. The molecule has 0 aliphatic carbocycles. The van der Waals surface area contributed by atoms with Crippen molar-refractivity contribution >= 4 is 41.2 Å². The number of carbonyl (C=O) groups is 2. The number of rotatable bonds is 7. The van der Waals surface area contributed by atoms with Crippen molar-refractivity contribution in [2.75, 3.05) is 5.75 Å². The molecule has 3 aromatic rings. The van der Waals surface area contributed by atoms with Gasteiger partial charge in [0.2, 0.25) is 5.91 Å². The summed E-state index contributed by atoms with van der Waals surface area (Å²) in [5.41, 5.74) is 1.59. The van der Waals surface area contributed by atoms with Crippen molar-refractivity contribution in [2.24, 2.45) is 5.10 Å². The lowest BCUT2D eigenvalue weighted by molar-refractivity contribution is -0.118. The third-order valence-corrected chi connectivity index (χ3v) is 5.04. The van der Waals surface area contributed by atoms with Gasteiger partial charge in [-0.2, -0.15) is 10.2 Å². The summed E-state index contributed by atoms with van der Waals surface area (Å²) >= 11 is 2.15. The number of hydrogen-bond donors (Lipinski definition) is 3. The normalized spacial score (nSPS) is 10.8. The number of H-pyrrole nitrogens is 2. The molecule has 0 atom stereocenters. The van der Waals surface area contributed by atoms with Crippen LogP contribution in [0.5, 0.6) is 5.75 Å². The summed E-state index contributed by atoms with van der Waals surface area (Å²) in [7, 11) is 0. The number of esters is 1. The van der Waals surface area contributed by atoms with E-state index in [2.05, 4.69) is 20.7 Å². The fourth-order valence-corrected chi connectivity index (χ4v) is 3.18. The van der Waals surface area contributed by atoms with E-state index >= 15 is 0 Å². The van der Waals surface area contributed by atoms with Gasteiger partial charge in [-0.15, -0.1) is 11.3 Å². The maximum Gasteiger partial charge on any atom is 0.353 e. The van der Waals surface area contributed by atoms with E-state index < -0.39 is 23.1 Å². The van der Waals surface area contributed by atoms with Crippen molar-refractivity contribution < 1.29 is 14.3 Å². The molecule has 148 valence electrons. The van der Waals surface area contributed by atoms with Crippen LogP contribution in [-0.2, 0) is 4.79 Å². The Kier molecular flexibility index (Phi) is 6.71. The van der Waals surface area contributed by atoms with Gasteiger partial charge in [0.15, 0.2) is 5.03 Å². The number of aromatic amines is 2. The zero-order valence-corrected chi connectivity index (χ0v) is 16.2. The molecule has 2 aromatic heterocycles. The summed E-state index contributed by atoms with van der Waals surface area (Å²) in [4.78, 5) is 48.5. The number of carbonyl (C=O) groups excluding carboxylic acids is 2. The molecule has 1 aromatic carbocycles. The first kappa shape index (κ1) is 20.2. The first-order chi connectivity index (χ1) is 14.0. The second-order valence-electron chi connectivity index (χ2n) is 5.33. The largest absolute Gasteiger partial charge is 0.422 e. The average Bonchev–Trinajstić information content (AvgIpc) is 3.24. The van der Waals surface area contributed by atoms with Crippen LogP contribution < -0.4 is 21.4 Å². The minimum atomic E-state index is -0.722. The fraction of sp³-hybridized carbons (Fsp3) is 0.0588. The minimum Gasteiger partial charge on any atom is -0.422 e. The van der Waals surface area contributed by atoms with Crippen LogP contribution in [0, 0.1) is 0 Å². The number of nitrogens with zero attached hydrogens (tertiary/aromatic N) is 2. The molecular formula is C17H13N5O5S2. The van der Waals surface area contributed by atoms with Gasteiger partial charge in [-0.3, -0.25) is 14.6 Å². The van der Waals surface area contributed by atoms with Crippen molar-refractivity contribution in [3.63, 3.8) is 0 Å². The molecule has 10 nitrogen and oxygen atoms in total. The number of ether oxygens (including phenoxy) is 1. The molecule has 0 radical (unpaired) electrons. The number of hydrazone groups is 1. The van der Waals surface area contributed by atoms with Crippen LogP contribution in [-0.4, -0.2) is 39.0 Å². The highest BCUT2D eigenvalue weighted by Crippen LogP contribution is 2.16. The molecule has 3 rings (SSSR count). The number of thiophene rings is 1. The molecule has 0 fully saturated rings. The molecule has 0 bridgehead atoms. The van der Waals surface area contributed by atoms with E-state index in [1.165, 1.54) is 17.6 Å². The number of thioether (sulfide) groups is 1. The van der Waals surface area contributed by atoms with Gasteiger partial charge in [-0.1, -0.05) is 17.8 Å². The van der Waals surface area contributed by atoms with E-state index in [0.717, 1.165) is 11.8 Å². The quantitative estimate of drug-likeness (QED) is 0.166. The molecular weight excluding hydrogens is 418 g/mol. The van der Waals surface area contributed by atoms with E-state index in [1.807, 2.05) is 4.98 Å². The molecule has 3 N–H and O–H groups in total. The Morgan fingerprint density at radius 3 is 2.72 bits per heavy atom. The zero-order valence-electron chi connectivity index (χ0n) is 14.6. The molecule has 0 aliphatic rings. The van der Waals surface area contributed by atoms with Gasteiger partial charge in [-0.05, 0) is 41.3 Å². The van der Waals surface area contributed by atoms with Crippen LogP contribution in [0.25, 0.3) is 0 Å². The molecule has 0 aliphatic heterocycles. The van der Waals surface area contributed by atoms with Gasteiger partial charge in [-0.25, -0.2) is 20.1 Å². The first-order valence-electron chi connectivity index (χ1n) is 8.01. The van der Waals surface area contributed by atoms with Crippen LogP contribution in [0.1, 0.15) is 15.2 Å². The van der Waals surface area contributed by atoms with Crippen molar-refractivity contribution in [1.29, 1.82) is 0 Å². The standard InChI is InChI=1S/C17H13N5O5S2/c23-13(9-29-15-14(24)19-17(26)22-21-15)20-18-8-10-3-5-11(6-4-10)27-16(25)12-2-1-7-28-12/h1-8H,9H2,(H,20,23)(H2,19,22,24,26)/b18-8+. The predicted octanol–water partition coefficient (Wildman–Crippen LogP) is 0.981. The third kappa shape index (κ3) is 5.99. The number of amides is 1. The molecule has 12 heteroatoms. The highest BCUT2D eigenvalue weighted by Gasteiger charge is 2.09. The van der Waals surface area contributed by atoms with Crippen LogP contribution in [0.15, 0.2) is 61.5 Å². The summed E-state index contributed by atoms with van der Waals surface area (Å²) < 4.78 is 5.25. The summed E-state index contributed by atoms with van der Waals surface area (Å²) in [6.45, 7) is 0. The molecule has 0 spiro atoms. The van der Waals surface area contributed by atoms with Gasteiger partial charge in [0, 0.05) is 0 Å². The number of aromatic nitrogens is 3. The molecule has 0 unspecified atom stereocenters. The van der Waals surface area contributed by atoms with Crippen LogP contribution in [0.2, 0.25) is 0 Å². The monoisotopic (exact) mass is 431 g/mol. The van der Waals surface area contributed by atoms with Gasteiger partial charge in [0.1, 0.15) is 10.6 Å². The molecule has 2 heterocycles. The fourth-order valence-electron chi connectivity index (χ4n) is 1.95. The molecule has 29 heavy (non-hydrogen) atoms. The van der Waals surface area contributed by atoms with E-state index in [0.29, 0.717) is 16.2 Å². The van der Waals surface area contributed by atoms with Gasteiger partial charge >= 0.3 is 11.7 Å². The maximum atomic E-state index is 11.9. The predicted molar refractivity (Wildman–Crippen MR) is 108 cm³/mol. The SMILES string of the molecule is O=C(CSc1n[nH]c(=O)[nH]c1=O)N/N=C/c1ccc(OC(=O)c2cccs2)cc1. The highest BCUT2D eigenvalue weighted by molar-refractivity contribution is 7.99. The second-order valence-corrected chi connectivity index (χ2v) is 7.24.